The first-order valence-electron chi connectivity index (χ1n) is 30.2. The van der Waals surface area contributed by atoms with Crippen molar-refractivity contribution in [3.63, 3.8) is 0 Å². The Morgan fingerprint density at radius 1 is 0.412 bits per heavy atom. The fraction of sp³-hybridized carbons (Fsp3) is 0.545. The first-order chi connectivity index (χ1) is 36.4. The third-order valence-electron chi connectivity index (χ3n) is 14.6. The van der Waals surface area contributed by atoms with Gasteiger partial charge in [-0.2, -0.15) is 0 Å². The van der Waals surface area contributed by atoms with E-state index in [0.717, 1.165) is 85.3 Å². The van der Waals surface area contributed by atoms with Crippen molar-refractivity contribution in [2.45, 2.75) is 262 Å². The van der Waals surface area contributed by atoms with Gasteiger partial charge in [-0.15, -0.1) is 22.8 Å². The Kier molecular flexibility index (Phi) is 44.4. The van der Waals surface area contributed by atoms with Crippen molar-refractivity contribution in [1.82, 2.24) is 0 Å². The van der Waals surface area contributed by atoms with Crippen LogP contribution in [0.25, 0.3) is 10.6 Å². The van der Waals surface area contributed by atoms with Crippen LogP contribution in [0.5, 0.6) is 11.5 Å². The van der Waals surface area contributed by atoms with E-state index in [1.165, 1.54) is 70.7 Å². The Bertz CT molecular complexity index is 2330. The minimum atomic E-state index is -0.00859. The molecule has 0 atom stereocenters. The van der Waals surface area contributed by atoms with Gasteiger partial charge in [0.15, 0.2) is 0 Å². The smallest absolute Gasteiger partial charge is 0.123 e. The fourth-order valence-corrected chi connectivity index (χ4v) is 9.82. The van der Waals surface area contributed by atoms with Crippen LogP contribution >= 0.6 is 0 Å². The van der Waals surface area contributed by atoms with Crippen molar-refractivity contribution in [2.24, 2.45) is 9.98 Å². The Hall–Kier alpha value is -3.36. The van der Waals surface area contributed by atoms with E-state index in [-0.39, 0.29) is 110 Å². The molecule has 8 heteroatoms. The molecule has 0 bridgehead atoms. The van der Waals surface area contributed by atoms with Gasteiger partial charge in [-0.25, -0.2) is 0 Å². The van der Waals surface area contributed by atoms with Crippen LogP contribution in [-0.4, -0.2) is 34.7 Å². The predicted molar refractivity (Wildman–Crippen MR) is 377 cm³/mol. The van der Waals surface area contributed by atoms with Crippen molar-refractivity contribution in [3.8, 4) is 11.5 Å². The summed E-state index contributed by atoms with van der Waals surface area (Å²) in [6, 6.07) is 25.3. The van der Waals surface area contributed by atoms with Gasteiger partial charge in [-0.3, -0.25) is 9.98 Å². The summed E-state index contributed by atoms with van der Waals surface area (Å²) in [5.41, 5.74) is 16.5. The van der Waals surface area contributed by atoms with Crippen LogP contribution in [0.15, 0.2) is 106 Å². The van der Waals surface area contributed by atoms with Crippen molar-refractivity contribution in [1.29, 1.82) is 0 Å². The van der Waals surface area contributed by atoms with Crippen LogP contribution in [0.3, 0.4) is 0 Å². The van der Waals surface area contributed by atoms with E-state index in [0.29, 0.717) is 35.2 Å². The van der Waals surface area contributed by atoms with E-state index in [9.17, 15) is 10.2 Å². The largest absolute Gasteiger partial charge is 0.656 e. The van der Waals surface area contributed by atoms with Gasteiger partial charge in [0, 0.05) is 76.2 Å². The molecule has 0 aromatic heterocycles. The monoisotopic (exact) mass is 1500 g/mol. The molecule has 0 aliphatic heterocycles. The molecule has 480 valence electrons. The minimum Gasteiger partial charge on any atom is -0.656 e. The number of unbranched alkanes of at least 4 members (excludes halogenated alkanes) is 2. The zero-order chi connectivity index (χ0) is 58.8. The summed E-state index contributed by atoms with van der Waals surface area (Å²) in [5.74, 6) is 2.83. The summed E-state index contributed by atoms with van der Waals surface area (Å²) in [6.45, 7) is 49.8. The Balaban J connectivity index is -0.000000333. The maximum absolute atomic E-state index is 10.3. The zero-order valence-electron chi connectivity index (χ0n) is 59.6. The van der Waals surface area contributed by atoms with Crippen LogP contribution in [0.4, 0.5) is 11.4 Å². The number of aliphatic imine (C=N–C) groups is 2. The van der Waals surface area contributed by atoms with Crippen molar-refractivity contribution in [2.75, 3.05) is 13.1 Å². The molecule has 85 heavy (non-hydrogen) atoms. The normalized spacial score (nSPS) is 14.0. The fourth-order valence-electron chi connectivity index (χ4n) is 9.82. The number of aromatic hydroxyl groups is 2. The van der Waals surface area contributed by atoms with Gasteiger partial charge in [-0.05, 0) is 119 Å². The minimum absolute atomic E-state index is 0. The van der Waals surface area contributed by atoms with Crippen LogP contribution < -0.4 is 0 Å². The standard InChI is InChI=1S/2C22H33N2.2C14H22O.5CH3.2Hf/c2*1-6-7-15-23-20-13-8-9-14-21(20)24-22-18(16(2)3)11-10-12-19(22)17(4)5;2*1-13(2,3)10-8-7-9-11(12(10)15)14(4,5)6;;;;;;;/h2*10-12,14,16-17H,6-9,13,15H2,1-5H3;2*7-9,15H,1-6H3;5*1H3;;/q2*-1;;;5*-1;;. The molecule has 0 amide bonds. The second-order valence-corrected chi connectivity index (χ2v) is 27.1. The number of hydrogen-bond acceptors (Lipinski definition) is 4. The van der Waals surface area contributed by atoms with Crippen LogP contribution in [0.2, 0.25) is 0 Å². The van der Waals surface area contributed by atoms with Gasteiger partial charge >= 0.3 is 0 Å². The summed E-state index contributed by atoms with van der Waals surface area (Å²) in [7, 11) is 0. The Labute approximate surface area is 565 Å². The number of phenolic OH excluding ortho intramolecular Hbond substituents is 2. The third kappa shape index (κ3) is 28.3. The molecule has 0 saturated carbocycles. The van der Waals surface area contributed by atoms with Crippen LogP contribution in [-0.2, 0) is 73.3 Å². The van der Waals surface area contributed by atoms with E-state index in [1.54, 1.807) is 0 Å². The maximum atomic E-state index is 10.3. The molecule has 0 unspecified atom stereocenters. The second kappa shape index (κ2) is 41.8. The molecule has 2 aliphatic carbocycles. The molecule has 0 fully saturated rings. The van der Waals surface area contributed by atoms with Gasteiger partial charge < -0.3 is 58.0 Å². The first-order valence-corrected chi connectivity index (χ1v) is 30.2. The molecular formula is C77H125Hf2N4O2-7. The maximum Gasteiger partial charge on any atom is 0.123 e. The average molecular weight is 1500 g/mol. The number of allylic oxidation sites excluding steroid dienone is 4. The quantitative estimate of drug-likeness (QED) is 0.0748. The molecule has 0 spiro atoms. The number of para-hydroxylation sites is 4. The first kappa shape index (κ1) is 90.4. The Morgan fingerprint density at radius 2 is 0.647 bits per heavy atom. The summed E-state index contributed by atoms with van der Waals surface area (Å²) >= 11 is 0. The number of benzene rings is 4. The van der Waals surface area contributed by atoms with Gasteiger partial charge in [0.2, 0.25) is 0 Å². The van der Waals surface area contributed by atoms with E-state index >= 15 is 0 Å². The average Bonchev–Trinajstić information content (AvgIpc) is 3.34. The van der Waals surface area contributed by atoms with Gasteiger partial charge in [0.25, 0.3) is 0 Å². The van der Waals surface area contributed by atoms with Gasteiger partial charge in [0.1, 0.15) is 11.5 Å². The molecule has 2 N–H and O–H groups in total. The summed E-state index contributed by atoms with van der Waals surface area (Å²) < 4.78 is 0. The summed E-state index contributed by atoms with van der Waals surface area (Å²) in [6.07, 6.45) is 16.1. The zero-order valence-corrected chi connectivity index (χ0v) is 66.7. The van der Waals surface area contributed by atoms with Crippen LogP contribution in [0, 0.1) is 37.1 Å². The topological polar surface area (TPSA) is 93.4 Å². The van der Waals surface area contributed by atoms with E-state index in [2.05, 4.69) is 201 Å². The third-order valence-corrected chi connectivity index (χ3v) is 14.6. The van der Waals surface area contributed by atoms with E-state index < -0.39 is 0 Å². The number of hydrogen-bond donors (Lipinski definition) is 2. The van der Waals surface area contributed by atoms with E-state index in [4.69, 9.17) is 20.6 Å². The van der Waals surface area contributed by atoms with Crippen LogP contribution in [0.1, 0.15) is 285 Å². The molecule has 0 heterocycles. The molecule has 4 aromatic carbocycles. The van der Waals surface area contributed by atoms with E-state index in [1.807, 2.05) is 36.4 Å². The molecule has 6 rings (SSSR count). The van der Waals surface area contributed by atoms with Gasteiger partial charge in [-0.1, -0.05) is 272 Å². The SMILES string of the molecule is CC(C)(C)c1cccc(C(C)(C)C)c1O.CC(C)(C)c1cccc(C(C)(C)C)c1O.CCCCN=C1CCCC=C1[N-]c1c(C(C)C)cccc1C(C)C.CCCCN=C1CCCC=C1[N-]c1c(C(C)C)cccc1C(C)C.[CH3-].[CH3-].[CH3-].[CH3-].[CH3-].[Hf].[Hf]. The van der Waals surface area contributed by atoms with Crippen molar-refractivity contribution < 1.29 is 61.9 Å². The van der Waals surface area contributed by atoms with Crippen molar-refractivity contribution >= 4 is 22.8 Å². The molecule has 4 aromatic rings. The molecular weight excluding hydrogens is 1370 g/mol. The number of phenols is 2. The summed E-state index contributed by atoms with van der Waals surface area (Å²) in [4.78, 5) is 9.71. The second-order valence-electron chi connectivity index (χ2n) is 27.1. The molecule has 0 saturated heterocycles. The predicted octanol–water partition coefficient (Wildman–Crippen LogP) is 24.7. The van der Waals surface area contributed by atoms with Gasteiger partial charge in [0.05, 0.1) is 0 Å². The molecule has 2 aliphatic rings. The van der Waals surface area contributed by atoms with Crippen molar-refractivity contribution in [3.05, 3.63) is 189 Å². The molecule has 0 radical (unpaired) electrons. The number of nitrogens with zero attached hydrogens (tertiary/aromatic N) is 4. The number of rotatable bonds is 14. The molecule has 6 nitrogen and oxygen atoms in total. The Morgan fingerprint density at radius 3 is 0.859 bits per heavy atom. The summed E-state index contributed by atoms with van der Waals surface area (Å²) in [5, 5.41) is 30.8.